The van der Waals surface area contributed by atoms with E-state index in [0.29, 0.717) is 12.1 Å². The highest BCUT2D eigenvalue weighted by molar-refractivity contribution is 5.94. The van der Waals surface area contributed by atoms with E-state index >= 15 is 0 Å². The topological polar surface area (TPSA) is 53.9 Å². The number of rotatable bonds is 9. The van der Waals surface area contributed by atoms with E-state index in [1.165, 1.54) is 5.56 Å². The van der Waals surface area contributed by atoms with Crippen molar-refractivity contribution in [2.45, 2.75) is 39.5 Å². The van der Waals surface area contributed by atoms with Crippen LogP contribution in [-0.2, 0) is 6.42 Å². The van der Waals surface area contributed by atoms with Crippen LogP contribution in [0.1, 0.15) is 49.0 Å². The molecule has 1 heterocycles. The van der Waals surface area contributed by atoms with Gasteiger partial charge in [-0.3, -0.25) is 9.80 Å². The number of hydrogen-bond acceptors (Lipinski definition) is 4. The van der Waals surface area contributed by atoms with Crippen LogP contribution in [0.5, 0.6) is 5.75 Å². The van der Waals surface area contributed by atoms with Crippen LogP contribution in [0.3, 0.4) is 0 Å². The minimum absolute atomic E-state index is 0.0489. The molecule has 28 heavy (non-hydrogen) atoms. The van der Waals surface area contributed by atoms with E-state index < -0.39 is 0 Å². The molecule has 0 spiro atoms. The second-order valence-corrected chi connectivity index (χ2v) is 7.11. The van der Waals surface area contributed by atoms with E-state index in [1.54, 1.807) is 0 Å². The summed E-state index contributed by atoms with van der Waals surface area (Å²) in [6, 6.07) is 15.7. The van der Waals surface area contributed by atoms with E-state index in [1.807, 2.05) is 48.3 Å². The Morgan fingerprint density at radius 2 is 1.89 bits per heavy atom. The maximum absolute atomic E-state index is 12.3. The number of amides is 1. The predicted octanol–water partition coefficient (Wildman–Crippen LogP) is 4.42. The monoisotopic (exact) mass is 379 g/mol. The Morgan fingerprint density at radius 1 is 1.14 bits per heavy atom. The van der Waals surface area contributed by atoms with Crippen LogP contribution < -0.4 is 15.1 Å². The van der Waals surface area contributed by atoms with Crippen molar-refractivity contribution in [2.75, 3.05) is 24.7 Å². The van der Waals surface area contributed by atoms with Gasteiger partial charge in [0.2, 0.25) is 0 Å². The van der Waals surface area contributed by atoms with E-state index in [-0.39, 0.29) is 5.91 Å². The number of nitrogens with one attached hydrogen (secondary N) is 1. The number of nitrogens with zero attached hydrogens (tertiary/aromatic N) is 2. The molecule has 5 heteroatoms. The third-order valence-electron chi connectivity index (χ3n) is 4.79. The van der Waals surface area contributed by atoms with E-state index in [2.05, 4.69) is 29.5 Å². The van der Waals surface area contributed by atoms with Gasteiger partial charge < -0.3 is 10.1 Å². The molecule has 0 bridgehead atoms. The third kappa shape index (κ3) is 5.59. The number of hydrogen-bond donors (Lipinski definition) is 1. The van der Waals surface area contributed by atoms with Gasteiger partial charge in [-0.25, -0.2) is 0 Å². The normalized spacial score (nSPS) is 13.4. The molecule has 1 aliphatic rings. The Kier molecular flexibility index (Phi) is 7.06. The molecular formula is C23H29N3O2. The fraction of sp³-hybridized carbons (Fsp3) is 0.391. The Balaban J connectivity index is 1.44. The molecule has 1 amide bonds. The first-order valence-corrected chi connectivity index (χ1v) is 10.1. The lowest BCUT2D eigenvalue weighted by Crippen LogP contribution is -2.25. The number of ether oxygens (including phenoxy) is 1. The first-order valence-electron chi connectivity index (χ1n) is 10.1. The van der Waals surface area contributed by atoms with Crippen LogP contribution >= 0.6 is 0 Å². The summed E-state index contributed by atoms with van der Waals surface area (Å²) in [6.45, 7) is 6.45. The summed E-state index contributed by atoms with van der Waals surface area (Å²) < 4.78 is 5.67. The van der Waals surface area contributed by atoms with Crippen molar-refractivity contribution >= 4 is 17.3 Å². The zero-order chi connectivity index (χ0) is 19.8. The molecule has 0 aliphatic carbocycles. The van der Waals surface area contributed by atoms with Crippen LogP contribution in [0.25, 0.3) is 0 Å². The highest BCUT2D eigenvalue weighted by Gasteiger charge is 2.13. The molecule has 0 radical (unpaired) electrons. The van der Waals surface area contributed by atoms with Crippen LogP contribution in [0.15, 0.2) is 53.6 Å². The molecule has 0 unspecified atom stereocenters. The predicted molar refractivity (Wildman–Crippen MR) is 114 cm³/mol. The molecule has 0 atom stereocenters. The smallest absolute Gasteiger partial charge is 0.251 e. The van der Waals surface area contributed by atoms with Gasteiger partial charge in [-0.2, -0.15) is 5.10 Å². The molecule has 0 saturated heterocycles. The number of hydrazone groups is 1. The van der Waals surface area contributed by atoms with Crippen LogP contribution in [0.2, 0.25) is 0 Å². The Labute approximate surface area is 167 Å². The second-order valence-electron chi connectivity index (χ2n) is 7.11. The van der Waals surface area contributed by atoms with Crippen LogP contribution in [0.4, 0.5) is 5.69 Å². The van der Waals surface area contributed by atoms with Gasteiger partial charge in [0.1, 0.15) is 5.75 Å². The highest BCUT2D eigenvalue weighted by Crippen LogP contribution is 2.20. The first kappa shape index (κ1) is 19.9. The summed E-state index contributed by atoms with van der Waals surface area (Å²) in [7, 11) is 0. The molecule has 1 aliphatic heterocycles. The maximum Gasteiger partial charge on any atom is 0.251 e. The number of benzene rings is 2. The highest BCUT2D eigenvalue weighted by atomic mass is 16.5. The molecule has 1 N–H and O–H groups in total. The maximum atomic E-state index is 12.3. The van der Waals surface area contributed by atoms with Crippen molar-refractivity contribution in [2.24, 2.45) is 5.10 Å². The standard InChI is InChI=1S/C23H29N3O2/c1-3-4-17-28-22-11-5-19(6-12-22)13-15-24-23(27)20-7-9-21(10-8-20)26-16-14-18(2)25-26/h5-12H,3-4,13-17H2,1-2H3,(H,24,27). The average molecular weight is 380 g/mol. The van der Waals surface area contributed by atoms with Crippen molar-refractivity contribution in [3.05, 3.63) is 59.7 Å². The second kappa shape index (κ2) is 9.93. The number of anilines is 1. The SMILES string of the molecule is CCCCOc1ccc(CCNC(=O)c2ccc(N3CCC(C)=N3)cc2)cc1. The number of carbonyl (C=O) groups excluding carboxylic acids is 1. The zero-order valence-electron chi connectivity index (χ0n) is 16.8. The molecule has 0 aromatic heterocycles. The quantitative estimate of drug-likeness (QED) is 0.656. The fourth-order valence-corrected chi connectivity index (χ4v) is 3.05. The van der Waals surface area contributed by atoms with Gasteiger partial charge in [0.05, 0.1) is 12.3 Å². The molecular weight excluding hydrogens is 350 g/mol. The van der Waals surface area contributed by atoms with Gasteiger partial charge >= 0.3 is 0 Å². The summed E-state index contributed by atoms with van der Waals surface area (Å²) in [5.74, 6) is 0.853. The third-order valence-corrected chi connectivity index (χ3v) is 4.79. The molecule has 0 fully saturated rings. The Hall–Kier alpha value is -2.82. The zero-order valence-corrected chi connectivity index (χ0v) is 16.8. The van der Waals surface area contributed by atoms with E-state index in [4.69, 9.17) is 4.74 Å². The summed E-state index contributed by atoms with van der Waals surface area (Å²) >= 11 is 0. The minimum Gasteiger partial charge on any atom is -0.494 e. The van der Waals surface area contributed by atoms with E-state index in [0.717, 1.165) is 56.0 Å². The van der Waals surface area contributed by atoms with Gasteiger partial charge in [0, 0.05) is 30.8 Å². The van der Waals surface area contributed by atoms with Crippen molar-refractivity contribution in [1.82, 2.24) is 5.32 Å². The van der Waals surface area contributed by atoms with Crippen LogP contribution in [0, 0.1) is 0 Å². The van der Waals surface area contributed by atoms with Crippen molar-refractivity contribution in [3.63, 3.8) is 0 Å². The van der Waals surface area contributed by atoms with Crippen LogP contribution in [-0.4, -0.2) is 31.3 Å². The van der Waals surface area contributed by atoms with Gasteiger partial charge in [-0.15, -0.1) is 0 Å². The van der Waals surface area contributed by atoms with Crippen molar-refractivity contribution in [1.29, 1.82) is 0 Å². The lowest BCUT2D eigenvalue weighted by Gasteiger charge is -2.14. The summed E-state index contributed by atoms with van der Waals surface area (Å²) in [5, 5.41) is 9.45. The van der Waals surface area contributed by atoms with Gasteiger partial charge in [-0.1, -0.05) is 25.5 Å². The van der Waals surface area contributed by atoms with E-state index in [9.17, 15) is 4.79 Å². The summed E-state index contributed by atoms with van der Waals surface area (Å²) in [6.07, 6.45) is 3.99. The molecule has 2 aromatic carbocycles. The Bertz CT molecular complexity index is 798. The lowest BCUT2D eigenvalue weighted by molar-refractivity contribution is 0.0954. The fourth-order valence-electron chi connectivity index (χ4n) is 3.05. The van der Waals surface area contributed by atoms with Crippen molar-refractivity contribution in [3.8, 4) is 5.75 Å². The molecule has 5 nitrogen and oxygen atoms in total. The molecule has 3 rings (SSSR count). The first-order chi connectivity index (χ1) is 13.7. The average Bonchev–Trinajstić information content (AvgIpc) is 3.16. The molecule has 2 aromatic rings. The van der Waals surface area contributed by atoms with Gasteiger partial charge in [-0.05, 0) is 61.7 Å². The summed E-state index contributed by atoms with van der Waals surface area (Å²) in [5.41, 5.74) is 4.01. The largest absolute Gasteiger partial charge is 0.494 e. The van der Waals surface area contributed by atoms with Gasteiger partial charge in [0.25, 0.3) is 5.91 Å². The van der Waals surface area contributed by atoms with Crippen molar-refractivity contribution < 1.29 is 9.53 Å². The molecule has 148 valence electrons. The lowest BCUT2D eigenvalue weighted by atomic mass is 10.1. The number of carbonyl (C=O) groups is 1. The summed E-state index contributed by atoms with van der Waals surface area (Å²) in [4.78, 5) is 12.3. The number of unbranched alkanes of at least 4 members (excludes halogenated alkanes) is 1. The minimum atomic E-state index is -0.0489. The van der Waals surface area contributed by atoms with Gasteiger partial charge in [0.15, 0.2) is 0 Å². The Morgan fingerprint density at radius 3 is 2.54 bits per heavy atom. The molecule has 0 saturated carbocycles.